The largest absolute Gasteiger partial charge is 0.489 e. The summed E-state index contributed by atoms with van der Waals surface area (Å²) in [6.07, 6.45) is 4.72. The Morgan fingerprint density at radius 1 is 1.15 bits per heavy atom. The van der Waals surface area contributed by atoms with E-state index in [1.54, 1.807) is 6.08 Å². The molecule has 0 atom stereocenters. The zero-order valence-electron chi connectivity index (χ0n) is 14.6. The predicted molar refractivity (Wildman–Crippen MR) is 112 cm³/mol. The molecule has 0 unspecified atom stereocenters. The monoisotopic (exact) mass is 365 g/mol. The number of nitrogens with one attached hydrogen (secondary N) is 3. The van der Waals surface area contributed by atoms with Gasteiger partial charge in [0, 0.05) is 36.3 Å². The molecule has 0 aliphatic rings. The summed E-state index contributed by atoms with van der Waals surface area (Å²) in [7, 11) is 0. The number of benzene rings is 2. The van der Waals surface area contributed by atoms with E-state index in [4.69, 9.17) is 17.0 Å². The number of rotatable bonds is 8. The summed E-state index contributed by atoms with van der Waals surface area (Å²) in [6, 6.07) is 16.3. The summed E-state index contributed by atoms with van der Waals surface area (Å²) in [5.41, 5.74) is 3.50. The van der Waals surface area contributed by atoms with Crippen molar-refractivity contribution in [2.24, 2.45) is 0 Å². The third-order valence-electron chi connectivity index (χ3n) is 4.07. The quantitative estimate of drug-likeness (QED) is 0.418. The summed E-state index contributed by atoms with van der Waals surface area (Å²) in [6.45, 7) is 5.68. The molecular weight excluding hydrogens is 342 g/mol. The molecule has 0 saturated heterocycles. The lowest BCUT2D eigenvalue weighted by molar-refractivity contribution is 0.306. The molecule has 0 aliphatic carbocycles. The van der Waals surface area contributed by atoms with E-state index in [0.717, 1.165) is 29.8 Å². The van der Waals surface area contributed by atoms with Gasteiger partial charge in [-0.05, 0) is 41.9 Å². The summed E-state index contributed by atoms with van der Waals surface area (Å²) < 4.78 is 5.89. The van der Waals surface area contributed by atoms with Crippen LogP contribution in [0.1, 0.15) is 11.1 Å². The molecule has 0 saturated carbocycles. The Labute approximate surface area is 159 Å². The smallest absolute Gasteiger partial charge is 0.166 e. The van der Waals surface area contributed by atoms with Gasteiger partial charge in [0.15, 0.2) is 5.11 Å². The van der Waals surface area contributed by atoms with E-state index in [-0.39, 0.29) is 0 Å². The summed E-state index contributed by atoms with van der Waals surface area (Å²) in [5.74, 6) is 0.864. The molecule has 0 radical (unpaired) electrons. The van der Waals surface area contributed by atoms with E-state index >= 15 is 0 Å². The van der Waals surface area contributed by atoms with Crippen LogP contribution < -0.4 is 15.4 Å². The van der Waals surface area contributed by atoms with Crippen LogP contribution in [0, 0.1) is 0 Å². The van der Waals surface area contributed by atoms with Gasteiger partial charge in [0.05, 0.1) is 0 Å². The standard InChI is InChI=1S/C21H23N3OS/c1-2-11-22-21(26)23-12-10-17-14-24-20-13-18(8-9-19(17)20)25-15-16-6-4-3-5-7-16/h2-9,13-14,24H,1,10-12,15H2,(H2,22,23,26). The maximum absolute atomic E-state index is 5.89. The lowest BCUT2D eigenvalue weighted by Crippen LogP contribution is -2.36. The summed E-state index contributed by atoms with van der Waals surface area (Å²) >= 11 is 5.20. The van der Waals surface area contributed by atoms with E-state index in [1.807, 2.05) is 36.5 Å². The number of fused-ring (bicyclic) bond motifs is 1. The van der Waals surface area contributed by atoms with Gasteiger partial charge in [0.1, 0.15) is 12.4 Å². The Hall–Kier alpha value is -2.79. The van der Waals surface area contributed by atoms with Gasteiger partial charge in [-0.15, -0.1) is 6.58 Å². The molecule has 3 N–H and O–H groups in total. The molecule has 3 rings (SSSR count). The van der Waals surface area contributed by atoms with Gasteiger partial charge in [0.2, 0.25) is 0 Å². The lowest BCUT2D eigenvalue weighted by atomic mass is 10.1. The van der Waals surface area contributed by atoms with Crippen molar-refractivity contribution < 1.29 is 4.74 Å². The molecule has 1 aromatic heterocycles. The molecule has 2 aromatic carbocycles. The molecule has 4 nitrogen and oxygen atoms in total. The van der Waals surface area contributed by atoms with Gasteiger partial charge in [-0.1, -0.05) is 36.4 Å². The average molecular weight is 366 g/mol. The van der Waals surface area contributed by atoms with Crippen LogP contribution in [-0.4, -0.2) is 23.2 Å². The van der Waals surface area contributed by atoms with Crippen molar-refractivity contribution in [2.45, 2.75) is 13.0 Å². The highest BCUT2D eigenvalue weighted by molar-refractivity contribution is 7.80. The normalized spacial score (nSPS) is 10.5. The highest BCUT2D eigenvalue weighted by Crippen LogP contribution is 2.24. The second-order valence-electron chi connectivity index (χ2n) is 5.97. The first-order valence-corrected chi connectivity index (χ1v) is 9.06. The van der Waals surface area contributed by atoms with Crippen molar-refractivity contribution in [3.8, 4) is 5.75 Å². The van der Waals surface area contributed by atoms with Crippen LogP contribution in [0.15, 0.2) is 67.4 Å². The Kier molecular flexibility index (Phi) is 6.28. The number of aromatic nitrogens is 1. The van der Waals surface area contributed by atoms with E-state index < -0.39 is 0 Å². The van der Waals surface area contributed by atoms with Crippen molar-refractivity contribution in [1.29, 1.82) is 0 Å². The third kappa shape index (κ3) is 4.86. The van der Waals surface area contributed by atoms with Crippen molar-refractivity contribution in [1.82, 2.24) is 15.6 Å². The second kappa shape index (κ2) is 9.06. The zero-order chi connectivity index (χ0) is 18.2. The topological polar surface area (TPSA) is 49.1 Å². The highest BCUT2D eigenvalue weighted by Gasteiger charge is 2.06. The number of H-pyrrole nitrogens is 1. The van der Waals surface area contributed by atoms with Gasteiger partial charge >= 0.3 is 0 Å². The lowest BCUT2D eigenvalue weighted by Gasteiger charge is -2.08. The first-order valence-electron chi connectivity index (χ1n) is 8.65. The molecule has 5 heteroatoms. The molecule has 1 heterocycles. The SMILES string of the molecule is C=CCNC(=S)NCCc1c[nH]c2cc(OCc3ccccc3)ccc12. The fraction of sp³-hybridized carbons (Fsp3) is 0.190. The van der Waals surface area contributed by atoms with E-state index in [2.05, 4.69) is 40.4 Å². The van der Waals surface area contributed by atoms with E-state index in [9.17, 15) is 0 Å². The minimum atomic E-state index is 0.568. The Balaban J connectivity index is 1.56. The maximum atomic E-state index is 5.89. The number of thiocarbonyl (C=S) groups is 1. The molecule has 26 heavy (non-hydrogen) atoms. The van der Waals surface area contributed by atoms with E-state index in [1.165, 1.54) is 10.9 Å². The first-order chi connectivity index (χ1) is 12.8. The molecule has 134 valence electrons. The number of hydrogen-bond acceptors (Lipinski definition) is 2. The van der Waals surface area contributed by atoms with Crippen LogP contribution >= 0.6 is 12.2 Å². The minimum absolute atomic E-state index is 0.568. The minimum Gasteiger partial charge on any atom is -0.489 e. The highest BCUT2D eigenvalue weighted by atomic mass is 32.1. The van der Waals surface area contributed by atoms with Crippen molar-refractivity contribution in [3.63, 3.8) is 0 Å². The Morgan fingerprint density at radius 2 is 2.00 bits per heavy atom. The van der Waals surface area contributed by atoms with Crippen LogP contribution in [0.5, 0.6) is 5.75 Å². The number of ether oxygens (including phenoxy) is 1. The molecule has 0 fully saturated rings. The van der Waals surface area contributed by atoms with Gasteiger partial charge in [0.25, 0.3) is 0 Å². The summed E-state index contributed by atoms with van der Waals surface area (Å²) in [4.78, 5) is 3.33. The fourth-order valence-corrected chi connectivity index (χ4v) is 2.93. The second-order valence-corrected chi connectivity index (χ2v) is 6.38. The van der Waals surface area contributed by atoms with Crippen LogP contribution in [0.2, 0.25) is 0 Å². The van der Waals surface area contributed by atoms with Gasteiger partial charge in [-0.2, -0.15) is 0 Å². The molecule has 0 spiro atoms. The Morgan fingerprint density at radius 3 is 2.81 bits per heavy atom. The van der Waals surface area contributed by atoms with Crippen molar-refractivity contribution >= 4 is 28.2 Å². The zero-order valence-corrected chi connectivity index (χ0v) is 15.4. The Bertz CT molecular complexity index is 873. The van der Waals surface area contributed by atoms with Crippen molar-refractivity contribution in [2.75, 3.05) is 13.1 Å². The van der Waals surface area contributed by atoms with Crippen LogP contribution in [0.3, 0.4) is 0 Å². The summed E-state index contributed by atoms with van der Waals surface area (Å²) in [5, 5.41) is 8.13. The van der Waals surface area contributed by atoms with Crippen LogP contribution in [-0.2, 0) is 13.0 Å². The first kappa shape index (κ1) is 18.0. The third-order valence-corrected chi connectivity index (χ3v) is 4.36. The molecular formula is C21H23N3OS. The predicted octanol–water partition coefficient (Wildman–Crippen LogP) is 3.94. The number of aromatic amines is 1. The van der Waals surface area contributed by atoms with Crippen LogP contribution in [0.25, 0.3) is 10.9 Å². The van der Waals surface area contributed by atoms with E-state index in [0.29, 0.717) is 18.3 Å². The van der Waals surface area contributed by atoms with Gasteiger partial charge in [-0.3, -0.25) is 0 Å². The van der Waals surface area contributed by atoms with Crippen molar-refractivity contribution in [3.05, 3.63) is 78.5 Å². The number of hydrogen-bond donors (Lipinski definition) is 3. The molecule has 0 bridgehead atoms. The van der Waals surface area contributed by atoms with Gasteiger partial charge in [-0.25, -0.2) is 0 Å². The molecule has 0 amide bonds. The van der Waals surface area contributed by atoms with Gasteiger partial charge < -0.3 is 20.4 Å². The molecule has 0 aliphatic heterocycles. The molecule has 3 aromatic rings. The fourth-order valence-electron chi connectivity index (χ4n) is 2.74. The average Bonchev–Trinajstić information content (AvgIpc) is 3.08. The van der Waals surface area contributed by atoms with Crippen LogP contribution in [0.4, 0.5) is 0 Å². The maximum Gasteiger partial charge on any atom is 0.166 e.